The fourth-order valence-electron chi connectivity index (χ4n) is 2.44. The summed E-state index contributed by atoms with van der Waals surface area (Å²) in [6, 6.07) is 10.6. The van der Waals surface area contributed by atoms with Gasteiger partial charge >= 0.3 is 5.97 Å². The van der Waals surface area contributed by atoms with Crippen molar-refractivity contribution in [2.45, 2.75) is 0 Å². The molecule has 0 atom stereocenters. The average molecular weight is 422 g/mol. The minimum Gasteiger partial charge on any atom is -0.497 e. The summed E-state index contributed by atoms with van der Waals surface area (Å²) >= 11 is 9.63. The highest BCUT2D eigenvalue weighted by atomic mass is 79.9. The van der Waals surface area contributed by atoms with E-state index in [-0.39, 0.29) is 0 Å². The number of fused-ring (bicyclic) bond motifs is 1. The predicted octanol–water partition coefficient (Wildman–Crippen LogP) is 5.19. The number of hydrogen-bond acceptors (Lipinski definition) is 5. The van der Waals surface area contributed by atoms with Crippen LogP contribution in [0.4, 0.5) is 11.4 Å². The van der Waals surface area contributed by atoms with Gasteiger partial charge in [-0.3, -0.25) is 4.98 Å². The first-order chi connectivity index (χ1) is 12.0. The second kappa shape index (κ2) is 7.29. The van der Waals surface area contributed by atoms with Gasteiger partial charge in [-0.2, -0.15) is 0 Å². The first-order valence-electron chi connectivity index (χ1n) is 7.30. The van der Waals surface area contributed by atoms with Crippen LogP contribution in [0.2, 0.25) is 5.02 Å². The second-order valence-corrected chi connectivity index (χ2v) is 6.46. The summed E-state index contributed by atoms with van der Waals surface area (Å²) in [6.45, 7) is 0. The van der Waals surface area contributed by atoms with Gasteiger partial charge in [-0.05, 0) is 52.3 Å². The van der Waals surface area contributed by atoms with E-state index < -0.39 is 5.97 Å². The molecule has 0 aliphatic rings. The van der Waals surface area contributed by atoms with E-state index >= 15 is 0 Å². The lowest BCUT2D eigenvalue weighted by Gasteiger charge is -2.15. The third-order valence-electron chi connectivity index (χ3n) is 3.68. The smallest absolute Gasteiger partial charge is 0.340 e. The summed E-state index contributed by atoms with van der Waals surface area (Å²) in [6.07, 6.45) is 1.69. The van der Waals surface area contributed by atoms with Crippen LogP contribution in [0, 0.1) is 0 Å². The molecule has 1 heterocycles. The highest BCUT2D eigenvalue weighted by Gasteiger charge is 2.16. The molecule has 0 amide bonds. The summed E-state index contributed by atoms with van der Waals surface area (Å²) in [5.74, 6) is 0.0987. The van der Waals surface area contributed by atoms with Crippen LogP contribution in [-0.4, -0.2) is 25.2 Å². The van der Waals surface area contributed by atoms with Crippen LogP contribution in [-0.2, 0) is 4.74 Å². The number of carbonyl (C=O) groups is 1. The zero-order valence-corrected chi connectivity index (χ0v) is 15.8. The molecular weight excluding hydrogens is 408 g/mol. The Morgan fingerprint density at radius 1 is 1.20 bits per heavy atom. The van der Waals surface area contributed by atoms with Gasteiger partial charge in [-0.25, -0.2) is 4.79 Å². The molecule has 0 saturated carbocycles. The van der Waals surface area contributed by atoms with Crippen LogP contribution < -0.4 is 10.1 Å². The monoisotopic (exact) mass is 420 g/mol. The zero-order chi connectivity index (χ0) is 18.0. The molecule has 5 nitrogen and oxygen atoms in total. The highest BCUT2D eigenvalue weighted by Crippen LogP contribution is 2.35. The molecule has 25 heavy (non-hydrogen) atoms. The lowest BCUT2D eigenvalue weighted by atomic mass is 10.1. The third kappa shape index (κ3) is 3.55. The number of methoxy groups -OCH3 is 2. The van der Waals surface area contributed by atoms with Crippen LogP contribution in [0.5, 0.6) is 5.75 Å². The molecule has 7 heteroatoms. The Morgan fingerprint density at radius 3 is 2.72 bits per heavy atom. The Hall–Kier alpha value is -2.31. The van der Waals surface area contributed by atoms with Gasteiger partial charge in [0.05, 0.1) is 41.1 Å². The minimum atomic E-state index is -0.464. The molecule has 1 aromatic heterocycles. The Labute approximate surface area is 158 Å². The highest BCUT2D eigenvalue weighted by molar-refractivity contribution is 9.10. The third-order valence-corrected chi connectivity index (χ3v) is 4.51. The molecule has 3 aromatic rings. The number of nitrogens with one attached hydrogen (secondary N) is 1. The molecule has 0 spiro atoms. The van der Waals surface area contributed by atoms with Crippen LogP contribution in [0.3, 0.4) is 0 Å². The number of hydrogen-bond donors (Lipinski definition) is 1. The molecule has 0 fully saturated rings. The number of halogens is 2. The predicted molar refractivity (Wildman–Crippen MR) is 102 cm³/mol. The lowest BCUT2D eigenvalue weighted by molar-refractivity contribution is 0.0601. The maximum absolute atomic E-state index is 12.1. The number of aromatic nitrogens is 1. The number of pyridine rings is 1. The first kappa shape index (κ1) is 17.5. The number of nitrogens with zero attached hydrogens (tertiary/aromatic N) is 1. The van der Waals surface area contributed by atoms with Gasteiger partial charge in [0.1, 0.15) is 5.75 Å². The number of ether oxygens (including phenoxy) is 2. The van der Waals surface area contributed by atoms with Crippen molar-refractivity contribution in [3.63, 3.8) is 0 Å². The Kier molecular flexibility index (Phi) is 5.11. The molecule has 0 saturated heterocycles. The number of carbonyl (C=O) groups excluding carboxylic acids is 1. The summed E-state index contributed by atoms with van der Waals surface area (Å²) < 4.78 is 10.8. The first-order valence-corrected chi connectivity index (χ1v) is 8.47. The molecule has 1 N–H and O–H groups in total. The quantitative estimate of drug-likeness (QED) is 0.588. The zero-order valence-electron chi connectivity index (χ0n) is 13.5. The summed E-state index contributed by atoms with van der Waals surface area (Å²) in [5.41, 5.74) is 2.48. The van der Waals surface area contributed by atoms with E-state index in [0.717, 1.165) is 21.1 Å². The van der Waals surface area contributed by atoms with E-state index in [9.17, 15) is 4.79 Å². The van der Waals surface area contributed by atoms with Crippen molar-refractivity contribution in [3.05, 3.63) is 57.7 Å². The molecule has 0 bridgehead atoms. The summed E-state index contributed by atoms with van der Waals surface area (Å²) in [4.78, 5) is 16.5. The van der Waals surface area contributed by atoms with Crippen molar-refractivity contribution in [1.82, 2.24) is 4.98 Å². The van der Waals surface area contributed by atoms with E-state index in [0.29, 0.717) is 22.0 Å². The molecule has 0 aliphatic heterocycles. The van der Waals surface area contributed by atoms with Crippen LogP contribution >= 0.6 is 27.5 Å². The maximum atomic E-state index is 12.1. The minimum absolute atomic E-state index is 0.362. The van der Waals surface area contributed by atoms with E-state index in [4.69, 9.17) is 21.1 Å². The van der Waals surface area contributed by atoms with E-state index in [1.807, 2.05) is 12.1 Å². The van der Waals surface area contributed by atoms with Crippen molar-refractivity contribution in [3.8, 4) is 5.75 Å². The molecule has 2 aromatic carbocycles. The largest absolute Gasteiger partial charge is 0.497 e. The van der Waals surface area contributed by atoms with Gasteiger partial charge in [0.15, 0.2) is 0 Å². The Balaban J connectivity index is 2.14. The lowest BCUT2D eigenvalue weighted by Crippen LogP contribution is -2.06. The van der Waals surface area contributed by atoms with Gasteiger partial charge in [-0.1, -0.05) is 11.6 Å². The van der Waals surface area contributed by atoms with Crippen LogP contribution in [0.15, 0.2) is 47.1 Å². The second-order valence-electron chi connectivity index (χ2n) is 5.17. The standard InChI is InChI=1S/C18H14BrClN2O3/c1-24-11-4-6-16(13(8-11)18(23)25-2)22-17-12-7-10(20)3-5-15(12)21-9-14(17)19/h3-9H,1-2H3,(H,21,22). The molecule has 0 radical (unpaired) electrons. The van der Waals surface area contributed by atoms with Crippen molar-refractivity contribution in [2.75, 3.05) is 19.5 Å². The molecule has 128 valence electrons. The van der Waals surface area contributed by atoms with E-state index in [1.54, 1.807) is 37.6 Å². The van der Waals surface area contributed by atoms with Crippen molar-refractivity contribution in [2.24, 2.45) is 0 Å². The summed E-state index contributed by atoms with van der Waals surface area (Å²) in [5, 5.41) is 4.70. The fourth-order valence-corrected chi connectivity index (χ4v) is 3.03. The van der Waals surface area contributed by atoms with Gasteiger partial charge in [0, 0.05) is 16.6 Å². The molecule has 3 rings (SSSR count). The van der Waals surface area contributed by atoms with Gasteiger partial charge in [0.25, 0.3) is 0 Å². The van der Waals surface area contributed by atoms with Crippen molar-refractivity contribution < 1.29 is 14.3 Å². The average Bonchev–Trinajstić information content (AvgIpc) is 2.63. The van der Waals surface area contributed by atoms with E-state index in [1.165, 1.54) is 7.11 Å². The van der Waals surface area contributed by atoms with Gasteiger partial charge in [0.2, 0.25) is 0 Å². The molecule has 0 aliphatic carbocycles. The van der Waals surface area contributed by atoms with Crippen molar-refractivity contribution >= 4 is 55.8 Å². The van der Waals surface area contributed by atoms with E-state index in [2.05, 4.69) is 26.2 Å². The van der Waals surface area contributed by atoms with Crippen LogP contribution in [0.1, 0.15) is 10.4 Å². The number of esters is 1. The number of anilines is 2. The number of benzene rings is 2. The SMILES string of the molecule is COC(=O)c1cc(OC)ccc1Nc1c(Br)cnc2ccc(Cl)cc12. The number of rotatable bonds is 4. The van der Waals surface area contributed by atoms with Crippen molar-refractivity contribution in [1.29, 1.82) is 0 Å². The van der Waals surface area contributed by atoms with Gasteiger partial charge < -0.3 is 14.8 Å². The van der Waals surface area contributed by atoms with Crippen LogP contribution in [0.25, 0.3) is 10.9 Å². The Bertz CT molecular complexity index is 957. The normalized spacial score (nSPS) is 10.6. The molecular formula is C18H14BrClN2O3. The topological polar surface area (TPSA) is 60.5 Å². The van der Waals surface area contributed by atoms with Gasteiger partial charge in [-0.15, -0.1) is 0 Å². The fraction of sp³-hybridized carbons (Fsp3) is 0.111. The Morgan fingerprint density at radius 2 is 2.00 bits per heavy atom. The molecule has 0 unspecified atom stereocenters. The summed E-state index contributed by atoms with van der Waals surface area (Å²) in [7, 11) is 2.88. The maximum Gasteiger partial charge on any atom is 0.340 e.